The third-order valence-corrected chi connectivity index (χ3v) is 3.75. The fraction of sp³-hybridized carbons (Fsp3) is 0.769. The van der Waals surface area contributed by atoms with Crippen LogP contribution in [0.4, 0.5) is 0 Å². The Labute approximate surface area is 97.9 Å². The predicted molar refractivity (Wildman–Crippen MR) is 65.2 cm³/mol. The van der Waals surface area contributed by atoms with E-state index in [4.69, 9.17) is 0 Å². The van der Waals surface area contributed by atoms with Crippen molar-refractivity contribution < 1.29 is 4.79 Å². The van der Waals surface area contributed by atoms with Gasteiger partial charge in [0.15, 0.2) is 0 Å². The molecule has 0 aliphatic carbocycles. The third-order valence-electron chi connectivity index (χ3n) is 3.75. The maximum atomic E-state index is 12.0. The van der Waals surface area contributed by atoms with Gasteiger partial charge >= 0.3 is 0 Å². The fourth-order valence-corrected chi connectivity index (χ4v) is 2.97. The van der Waals surface area contributed by atoms with Crippen molar-refractivity contribution in [2.24, 2.45) is 0 Å². The van der Waals surface area contributed by atoms with Gasteiger partial charge in [-0.2, -0.15) is 0 Å². The number of hydrogen-bond acceptors (Lipinski definition) is 2. The van der Waals surface area contributed by atoms with Gasteiger partial charge in [0.2, 0.25) is 5.91 Å². The SMILES string of the molecule is C=CCC(=O)N1CCCCC1C1CCCN1. The number of hydrogen-bond donors (Lipinski definition) is 1. The molecule has 16 heavy (non-hydrogen) atoms. The zero-order valence-corrected chi connectivity index (χ0v) is 9.95. The number of rotatable bonds is 3. The van der Waals surface area contributed by atoms with Gasteiger partial charge in [-0.1, -0.05) is 6.08 Å². The van der Waals surface area contributed by atoms with Crippen molar-refractivity contribution in [1.29, 1.82) is 0 Å². The molecule has 0 radical (unpaired) electrons. The molecule has 2 rings (SSSR count). The van der Waals surface area contributed by atoms with Crippen molar-refractivity contribution in [2.75, 3.05) is 13.1 Å². The van der Waals surface area contributed by atoms with Crippen LogP contribution in [-0.2, 0) is 4.79 Å². The summed E-state index contributed by atoms with van der Waals surface area (Å²) >= 11 is 0. The molecule has 2 aliphatic heterocycles. The first-order chi connectivity index (χ1) is 7.83. The summed E-state index contributed by atoms with van der Waals surface area (Å²) in [7, 11) is 0. The maximum absolute atomic E-state index is 12.0. The topological polar surface area (TPSA) is 32.3 Å². The van der Waals surface area contributed by atoms with E-state index in [0.29, 0.717) is 18.5 Å². The van der Waals surface area contributed by atoms with E-state index in [1.807, 2.05) is 0 Å². The highest BCUT2D eigenvalue weighted by Crippen LogP contribution is 2.24. The average molecular weight is 222 g/mol. The smallest absolute Gasteiger partial charge is 0.226 e. The molecule has 90 valence electrons. The number of carbonyl (C=O) groups excluding carboxylic acids is 1. The molecular formula is C13H22N2O. The first kappa shape index (κ1) is 11.6. The lowest BCUT2D eigenvalue weighted by molar-refractivity contribution is -0.134. The summed E-state index contributed by atoms with van der Waals surface area (Å²) in [5.74, 6) is 0.258. The van der Waals surface area contributed by atoms with Crippen molar-refractivity contribution in [3.05, 3.63) is 12.7 Å². The summed E-state index contributed by atoms with van der Waals surface area (Å²) < 4.78 is 0. The molecule has 0 spiro atoms. The molecule has 2 saturated heterocycles. The largest absolute Gasteiger partial charge is 0.338 e. The minimum atomic E-state index is 0.258. The Morgan fingerprint density at radius 1 is 1.38 bits per heavy atom. The van der Waals surface area contributed by atoms with Crippen LogP contribution in [0.2, 0.25) is 0 Å². The molecule has 0 aromatic carbocycles. The summed E-state index contributed by atoms with van der Waals surface area (Å²) in [4.78, 5) is 14.1. The molecular weight excluding hydrogens is 200 g/mol. The van der Waals surface area contributed by atoms with Gasteiger partial charge in [-0.25, -0.2) is 0 Å². The molecule has 2 heterocycles. The van der Waals surface area contributed by atoms with Crippen LogP contribution < -0.4 is 5.32 Å². The fourth-order valence-electron chi connectivity index (χ4n) is 2.97. The second kappa shape index (κ2) is 5.48. The molecule has 0 aromatic heterocycles. The summed E-state index contributed by atoms with van der Waals surface area (Å²) in [5.41, 5.74) is 0. The number of likely N-dealkylation sites (tertiary alicyclic amines) is 1. The minimum absolute atomic E-state index is 0.258. The summed E-state index contributed by atoms with van der Waals surface area (Å²) in [6.45, 7) is 5.71. The highest BCUT2D eigenvalue weighted by Gasteiger charge is 2.33. The number of nitrogens with zero attached hydrogens (tertiary/aromatic N) is 1. The Morgan fingerprint density at radius 2 is 2.25 bits per heavy atom. The monoisotopic (exact) mass is 222 g/mol. The molecule has 3 nitrogen and oxygen atoms in total. The first-order valence-corrected chi connectivity index (χ1v) is 6.46. The highest BCUT2D eigenvalue weighted by molar-refractivity contribution is 5.78. The molecule has 1 amide bonds. The predicted octanol–water partition coefficient (Wildman–Crippen LogP) is 1.70. The molecule has 2 aliphatic rings. The number of nitrogens with one attached hydrogen (secondary N) is 1. The van der Waals surface area contributed by atoms with Gasteiger partial charge in [-0.3, -0.25) is 4.79 Å². The first-order valence-electron chi connectivity index (χ1n) is 6.46. The quantitative estimate of drug-likeness (QED) is 0.737. The zero-order chi connectivity index (χ0) is 11.4. The van der Waals surface area contributed by atoms with Crippen LogP contribution in [0.25, 0.3) is 0 Å². The van der Waals surface area contributed by atoms with Gasteiger partial charge in [0.1, 0.15) is 0 Å². The zero-order valence-electron chi connectivity index (χ0n) is 9.95. The van der Waals surface area contributed by atoms with Crippen molar-refractivity contribution in [2.45, 2.75) is 50.6 Å². The van der Waals surface area contributed by atoms with E-state index in [2.05, 4.69) is 16.8 Å². The minimum Gasteiger partial charge on any atom is -0.338 e. The maximum Gasteiger partial charge on any atom is 0.226 e. The van der Waals surface area contributed by atoms with Crippen molar-refractivity contribution >= 4 is 5.91 Å². The van der Waals surface area contributed by atoms with Gasteiger partial charge in [-0.15, -0.1) is 6.58 Å². The third kappa shape index (κ3) is 2.46. The van der Waals surface area contributed by atoms with Gasteiger partial charge in [0, 0.05) is 25.0 Å². The van der Waals surface area contributed by atoms with Gasteiger partial charge in [0.25, 0.3) is 0 Å². The summed E-state index contributed by atoms with van der Waals surface area (Å²) in [6.07, 6.45) is 8.28. The van der Waals surface area contributed by atoms with E-state index < -0.39 is 0 Å². The van der Waals surface area contributed by atoms with Crippen molar-refractivity contribution in [3.8, 4) is 0 Å². The Hall–Kier alpha value is -0.830. The highest BCUT2D eigenvalue weighted by atomic mass is 16.2. The average Bonchev–Trinajstić information content (AvgIpc) is 2.83. The van der Waals surface area contributed by atoms with E-state index in [0.717, 1.165) is 19.5 Å². The molecule has 2 fully saturated rings. The Balaban J connectivity index is 2.00. The molecule has 0 aromatic rings. The lowest BCUT2D eigenvalue weighted by Gasteiger charge is -2.39. The van der Waals surface area contributed by atoms with Crippen molar-refractivity contribution in [1.82, 2.24) is 10.2 Å². The van der Waals surface area contributed by atoms with Crippen LogP contribution in [0.15, 0.2) is 12.7 Å². The normalized spacial score (nSPS) is 30.4. The van der Waals surface area contributed by atoms with Gasteiger partial charge in [0.05, 0.1) is 0 Å². The Morgan fingerprint density at radius 3 is 2.94 bits per heavy atom. The van der Waals surface area contributed by atoms with Crippen LogP contribution in [-0.4, -0.2) is 36.0 Å². The van der Waals surface area contributed by atoms with E-state index in [1.54, 1.807) is 6.08 Å². The van der Waals surface area contributed by atoms with Gasteiger partial charge in [-0.05, 0) is 38.6 Å². The van der Waals surface area contributed by atoms with E-state index in [-0.39, 0.29) is 5.91 Å². The number of amides is 1. The number of piperidine rings is 1. The molecule has 2 atom stereocenters. The van der Waals surface area contributed by atoms with E-state index in [1.165, 1.54) is 25.7 Å². The van der Waals surface area contributed by atoms with Crippen molar-refractivity contribution in [3.63, 3.8) is 0 Å². The lowest BCUT2D eigenvalue weighted by atomic mass is 9.94. The lowest BCUT2D eigenvalue weighted by Crippen LogP contribution is -2.52. The van der Waals surface area contributed by atoms with Crippen LogP contribution in [0.3, 0.4) is 0 Å². The van der Waals surface area contributed by atoms with E-state index in [9.17, 15) is 4.79 Å². The number of carbonyl (C=O) groups is 1. The van der Waals surface area contributed by atoms with Crippen LogP contribution in [0.1, 0.15) is 38.5 Å². The van der Waals surface area contributed by atoms with Crippen LogP contribution in [0.5, 0.6) is 0 Å². The summed E-state index contributed by atoms with van der Waals surface area (Å²) in [5, 5.41) is 3.53. The molecule has 0 bridgehead atoms. The second-order valence-electron chi connectivity index (χ2n) is 4.85. The second-order valence-corrected chi connectivity index (χ2v) is 4.85. The molecule has 3 heteroatoms. The summed E-state index contributed by atoms with van der Waals surface area (Å²) in [6, 6.07) is 0.970. The molecule has 2 unspecified atom stereocenters. The molecule has 1 N–H and O–H groups in total. The van der Waals surface area contributed by atoms with Gasteiger partial charge < -0.3 is 10.2 Å². The Kier molecular flexibility index (Phi) is 3.99. The van der Waals surface area contributed by atoms with E-state index >= 15 is 0 Å². The van der Waals surface area contributed by atoms with Crippen LogP contribution in [0, 0.1) is 0 Å². The standard InChI is InChI=1S/C13H22N2O/c1-2-6-13(16)15-10-4-3-8-12(15)11-7-5-9-14-11/h2,11-12,14H,1,3-10H2. The molecule has 0 saturated carbocycles. The van der Waals surface area contributed by atoms with Crippen LogP contribution >= 0.6 is 0 Å². The Bertz CT molecular complexity index is 259.